The van der Waals surface area contributed by atoms with Crippen molar-refractivity contribution in [2.75, 3.05) is 13.2 Å². The van der Waals surface area contributed by atoms with Crippen LogP contribution in [0.15, 0.2) is 17.5 Å². The van der Waals surface area contributed by atoms with Gasteiger partial charge in [-0.15, -0.1) is 11.3 Å². The molecule has 1 aliphatic rings. The van der Waals surface area contributed by atoms with Crippen LogP contribution in [0.5, 0.6) is 0 Å². The molecule has 2 rings (SSSR count). The number of rotatable bonds is 1. The van der Waals surface area contributed by atoms with E-state index in [1.165, 1.54) is 4.88 Å². The van der Waals surface area contributed by atoms with Gasteiger partial charge in [0.25, 0.3) is 0 Å². The molecular weight excluding hydrogens is 174 g/mol. The monoisotopic (exact) mass is 183 g/mol. The fourth-order valence-electron chi connectivity index (χ4n) is 1.15. The molecule has 2 heterocycles. The molecule has 0 spiro atoms. The molecule has 1 fully saturated rings. The molecule has 1 amide bonds. The molecule has 4 heteroatoms. The Kier molecular flexibility index (Phi) is 2.10. The van der Waals surface area contributed by atoms with Crippen molar-refractivity contribution >= 4 is 17.2 Å². The van der Waals surface area contributed by atoms with Crippen LogP contribution in [0.25, 0.3) is 0 Å². The Bertz CT molecular complexity index is 261. The van der Waals surface area contributed by atoms with Gasteiger partial charge in [0.2, 0.25) is 5.91 Å². The summed E-state index contributed by atoms with van der Waals surface area (Å²) in [7, 11) is 0. The summed E-state index contributed by atoms with van der Waals surface area (Å²) in [5.41, 5.74) is 0. The normalized spacial score (nSPS) is 23.7. The van der Waals surface area contributed by atoms with Crippen molar-refractivity contribution in [1.29, 1.82) is 0 Å². The Hall–Kier alpha value is -0.870. The van der Waals surface area contributed by atoms with Gasteiger partial charge in [-0.1, -0.05) is 6.07 Å². The molecule has 0 aromatic carbocycles. The van der Waals surface area contributed by atoms with E-state index in [1.54, 1.807) is 11.3 Å². The maximum absolute atomic E-state index is 10.7. The first-order valence-corrected chi connectivity index (χ1v) is 4.66. The lowest BCUT2D eigenvalue weighted by Gasteiger charge is -2.21. The zero-order chi connectivity index (χ0) is 8.39. The van der Waals surface area contributed by atoms with E-state index in [2.05, 4.69) is 5.32 Å². The molecule has 0 aliphatic carbocycles. The second kappa shape index (κ2) is 3.25. The summed E-state index contributed by atoms with van der Waals surface area (Å²) in [5, 5.41) is 4.77. The van der Waals surface area contributed by atoms with Crippen LogP contribution in [0, 0.1) is 0 Å². The number of carbonyl (C=O) groups is 1. The minimum absolute atomic E-state index is 0.0252. The molecule has 0 radical (unpaired) electrons. The van der Waals surface area contributed by atoms with E-state index >= 15 is 0 Å². The van der Waals surface area contributed by atoms with Crippen LogP contribution in [0.4, 0.5) is 0 Å². The molecular formula is C8H9NO2S. The Labute approximate surface area is 74.4 Å². The Morgan fingerprint density at radius 2 is 2.58 bits per heavy atom. The first-order valence-electron chi connectivity index (χ1n) is 3.78. The van der Waals surface area contributed by atoms with Crippen molar-refractivity contribution in [2.45, 2.75) is 6.10 Å². The van der Waals surface area contributed by atoms with Crippen molar-refractivity contribution in [3.05, 3.63) is 22.4 Å². The zero-order valence-corrected chi connectivity index (χ0v) is 7.26. The van der Waals surface area contributed by atoms with E-state index in [1.807, 2.05) is 17.5 Å². The number of hydrogen-bond donors (Lipinski definition) is 1. The van der Waals surface area contributed by atoms with Gasteiger partial charge < -0.3 is 10.1 Å². The van der Waals surface area contributed by atoms with Crippen LogP contribution >= 0.6 is 11.3 Å². The second-order valence-corrected chi connectivity index (χ2v) is 3.60. The number of thiophene rings is 1. The molecule has 1 saturated heterocycles. The van der Waals surface area contributed by atoms with Gasteiger partial charge in [-0.25, -0.2) is 0 Å². The third-order valence-electron chi connectivity index (χ3n) is 1.76. The first kappa shape index (κ1) is 7.76. The molecule has 0 bridgehead atoms. The maximum atomic E-state index is 10.7. The van der Waals surface area contributed by atoms with E-state index in [9.17, 15) is 4.79 Å². The molecule has 1 aromatic heterocycles. The molecule has 64 valence electrons. The molecule has 3 nitrogen and oxygen atoms in total. The van der Waals surface area contributed by atoms with Crippen LogP contribution < -0.4 is 5.32 Å². The van der Waals surface area contributed by atoms with E-state index < -0.39 is 0 Å². The van der Waals surface area contributed by atoms with Crippen molar-refractivity contribution < 1.29 is 9.53 Å². The Morgan fingerprint density at radius 1 is 1.67 bits per heavy atom. The molecule has 1 aromatic rings. The summed E-state index contributed by atoms with van der Waals surface area (Å²) in [5.74, 6) is -0.0252. The fourth-order valence-corrected chi connectivity index (χ4v) is 1.92. The smallest absolute Gasteiger partial charge is 0.246 e. The van der Waals surface area contributed by atoms with Gasteiger partial charge in [0.1, 0.15) is 12.7 Å². The summed E-state index contributed by atoms with van der Waals surface area (Å²) in [4.78, 5) is 11.9. The zero-order valence-electron chi connectivity index (χ0n) is 6.45. The van der Waals surface area contributed by atoms with Crippen LogP contribution in [0.1, 0.15) is 11.0 Å². The molecule has 1 unspecified atom stereocenters. The van der Waals surface area contributed by atoms with Gasteiger partial charge in [-0.05, 0) is 11.4 Å². The van der Waals surface area contributed by atoms with Crippen LogP contribution in [-0.4, -0.2) is 19.1 Å². The van der Waals surface area contributed by atoms with E-state index in [0.29, 0.717) is 6.54 Å². The van der Waals surface area contributed by atoms with Gasteiger partial charge in [-0.3, -0.25) is 4.79 Å². The lowest BCUT2D eigenvalue weighted by molar-refractivity contribution is -0.133. The lowest BCUT2D eigenvalue weighted by atomic mass is 10.2. The van der Waals surface area contributed by atoms with Crippen LogP contribution in [-0.2, 0) is 9.53 Å². The topological polar surface area (TPSA) is 38.3 Å². The highest BCUT2D eigenvalue weighted by atomic mass is 32.1. The van der Waals surface area contributed by atoms with Crippen molar-refractivity contribution in [1.82, 2.24) is 5.32 Å². The van der Waals surface area contributed by atoms with Gasteiger partial charge in [0, 0.05) is 11.4 Å². The number of amides is 1. The van der Waals surface area contributed by atoms with Crippen LogP contribution in [0.3, 0.4) is 0 Å². The maximum Gasteiger partial charge on any atom is 0.246 e. The molecule has 1 N–H and O–H groups in total. The largest absolute Gasteiger partial charge is 0.361 e. The summed E-state index contributed by atoms with van der Waals surface area (Å²) in [6, 6.07) is 4.01. The predicted molar refractivity (Wildman–Crippen MR) is 46.0 cm³/mol. The molecule has 1 aliphatic heterocycles. The fraction of sp³-hybridized carbons (Fsp3) is 0.375. The quantitative estimate of drug-likeness (QED) is 0.703. The Balaban J connectivity index is 2.03. The molecule has 12 heavy (non-hydrogen) atoms. The highest BCUT2D eigenvalue weighted by molar-refractivity contribution is 7.10. The number of morpholine rings is 1. The third kappa shape index (κ3) is 1.49. The van der Waals surface area contributed by atoms with Crippen molar-refractivity contribution in [3.63, 3.8) is 0 Å². The van der Waals surface area contributed by atoms with E-state index in [0.717, 1.165) is 0 Å². The third-order valence-corrected chi connectivity index (χ3v) is 2.73. The van der Waals surface area contributed by atoms with E-state index in [4.69, 9.17) is 4.74 Å². The van der Waals surface area contributed by atoms with Gasteiger partial charge in [0.05, 0.1) is 0 Å². The highest BCUT2D eigenvalue weighted by Gasteiger charge is 2.20. The summed E-state index contributed by atoms with van der Waals surface area (Å²) < 4.78 is 5.33. The van der Waals surface area contributed by atoms with E-state index in [-0.39, 0.29) is 18.6 Å². The summed E-state index contributed by atoms with van der Waals surface area (Å²) in [6.07, 6.45) is 0.0581. The predicted octanol–water partition coefficient (Wildman–Crippen LogP) is 0.936. The number of carbonyl (C=O) groups excluding carboxylic acids is 1. The first-order chi connectivity index (χ1) is 5.86. The average Bonchev–Trinajstić information content (AvgIpc) is 2.58. The highest BCUT2D eigenvalue weighted by Crippen LogP contribution is 2.22. The van der Waals surface area contributed by atoms with Crippen molar-refractivity contribution in [2.24, 2.45) is 0 Å². The Morgan fingerprint density at radius 3 is 3.17 bits per heavy atom. The summed E-state index contributed by atoms with van der Waals surface area (Å²) in [6.45, 7) is 0.780. The number of nitrogens with one attached hydrogen (secondary N) is 1. The lowest BCUT2D eigenvalue weighted by Crippen LogP contribution is -2.38. The number of hydrogen-bond acceptors (Lipinski definition) is 3. The van der Waals surface area contributed by atoms with Gasteiger partial charge in [-0.2, -0.15) is 0 Å². The molecule has 0 saturated carbocycles. The van der Waals surface area contributed by atoms with Crippen LogP contribution in [0.2, 0.25) is 0 Å². The standard InChI is InChI=1S/C8H9NO2S/c10-8-5-11-6(4-9-8)7-2-1-3-12-7/h1-3,6H,4-5H2,(H,9,10). The van der Waals surface area contributed by atoms with Crippen molar-refractivity contribution in [3.8, 4) is 0 Å². The second-order valence-electron chi connectivity index (χ2n) is 2.62. The molecule has 1 atom stereocenters. The SMILES string of the molecule is O=C1COC(c2cccs2)CN1. The minimum Gasteiger partial charge on any atom is -0.361 e. The van der Waals surface area contributed by atoms with Gasteiger partial charge >= 0.3 is 0 Å². The summed E-state index contributed by atoms with van der Waals surface area (Å²) >= 11 is 1.65. The minimum atomic E-state index is -0.0252. The number of ether oxygens (including phenoxy) is 1. The van der Waals surface area contributed by atoms with Gasteiger partial charge in [0.15, 0.2) is 0 Å². The average molecular weight is 183 g/mol.